The van der Waals surface area contributed by atoms with Crippen LogP contribution in [0.4, 0.5) is 0 Å². The Hall–Kier alpha value is -2.50. The summed E-state index contributed by atoms with van der Waals surface area (Å²) in [6, 6.07) is 3.51. The molecule has 19 heavy (non-hydrogen) atoms. The molecule has 0 atom stereocenters. The van der Waals surface area contributed by atoms with E-state index < -0.39 is 0 Å². The lowest BCUT2D eigenvalue weighted by Crippen LogP contribution is -2.18. The normalized spacial score (nSPS) is 11.3. The van der Waals surface area contributed by atoms with Crippen molar-refractivity contribution in [2.75, 3.05) is 0 Å². The maximum Gasteiger partial charge on any atom is 0.286 e. The van der Waals surface area contributed by atoms with E-state index in [2.05, 4.69) is 19.9 Å². The molecule has 3 rings (SSSR count). The number of fused-ring (bicyclic) bond motifs is 1. The minimum Gasteiger partial charge on any atom is -0.326 e. The number of pyridine rings is 1. The molecule has 3 aromatic rings. The van der Waals surface area contributed by atoms with Crippen LogP contribution in [0.15, 0.2) is 35.6 Å². The van der Waals surface area contributed by atoms with Crippen molar-refractivity contribution in [1.29, 1.82) is 0 Å². The molecule has 3 heterocycles. The van der Waals surface area contributed by atoms with Crippen molar-refractivity contribution < 1.29 is 0 Å². The molecule has 3 aromatic heterocycles. The molecular formula is C13H13N5O. The van der Waals surface area contributed by atoms with E-state index in [1.54, 1.807) is 24.5 Å². The Balaban J connectivity index is 2.24. The zero-order valence-corrected chi connectivity index (χ0v) is 10.7. The molecule has 0 fully saturated rings. The first-order valence-corrected chi connectivity index (χ1v) is 6.04. The maximum atomic E-state index is 12.4. The number of nitrogens with one attached hydrogen (secondary N) is 1. The van der Waals surface area contributed by atoms with E-state index in [0.717, 1.165) is 11.5 Å². The second kappa shape index (κ2) is 4.31. The van der Waals surface area contributed by atoms with E-state index >= 15 is 0 Å². The number of hydrogen-bond donors (Lipinski definition) is 1. The maximum absolute atomic E-state index is 12.4. The molecule has 0 unspecified atom stereocenters. The lowest BCUT2D eigenvalue weighted by molar-refractivity contribution is 0.798. The van der Waals surface area contributed by atoms with Crippen molar-refractivity contribution in [3.05, 3.63) is 47.0 Å². The minimum atomic E-state index is -0.181. The largest absolute Gasteiger partial charge is 0.326 e. The summed E-state index contributed by atoms with van der Waals surface area (Å²) in [5, 5.41) is 0. The molecule has 1 N–H and O–H groups in total. The molecule has 96 valence electrons. The minimum absolute atomic E-state index is 0.181. The highest BCUT2D eigenvalue weighted by Crippen LogP contribution is 2.13. The van der Waals surface area contributed by atoms with Gasteiger partial charge >= 0.3 is 0 Å². The number of aromatic nitrogens is 5. The molecule has 6 heteroatoms. The van der Waals surface area contributed by atoms with Gasteiger partial charge in [-0.1, -0.05) is 13.8 Å². The average molecular weight is 255 g/mol. The van der Waals surface area contributed by atoms with Gasteiger partial charge in [-0.05, 0) is 12.1 Å². The summed E-state index contributed by atoms with van der Waals surface area (Å²) in [6.45, 7) is 4.03. The molecule has 0 saturated carbocycles. The molecule has 0 aliphatic heterocycles. The summed E-state index contributed by atoms with van der Waals surface area (Å²) < 4.78 is 1.47. The second-order valence-corrected chi connectivity index (χ2v) is 4.60. The predicted octanol–water partition coefficient (Wildman–Crippen LogP) is 1.63. The fourth-order valence-electron chi connectivity index (χ4n) is 1.87. The molecule has 0 bridgehead atoms. The van der Waals surface area contributed by atoms with Gasteiger partial charge in [0.1, 0.15) is 12.2 Å². The number of H-pyrrole nitrogens is 1. The van der Waals surface area contributed by atoms with Crippen molar-refractivity contribution in [2.45, 2.75) is 19.8 Å². The van der Waals surface area contributed by atoms with E-state index in [0.29, 0.717) is 11.2 Å². The van der Waals surface area contributed by atoms with Gasteiger partial charge in [0.2, 0.25) is 0 Å². The molecule has 0 spiro atoms. The fourth-order valence-corrected chi connectivity index (χ4v) is 1.87. The van der Waals surface area contributed by atoms with Gasteiger partial charge in [0.05, 0.1) is 5.69 Å². The van der Waals surface area contributed by atoms with Crippen LogP contribution >= 0.6 is 0 Å². The van der Waals surface area contributed by atoms with Crippen molar-refractivity contribution in [1.82, 2.24) is 24.5 Å². The van der Waals surface area contributed by atoms with Crippen LogP contribution in [0.25, 0.3) is 16.9 Å². The van der Waals surface area contributed by atoms with Gasteiger partial charge in [-0.25, -0.2) is 9.97 Å². The van der Waals surface area contributed by atoms with E-state index in [-0.39, 0.29) is 11.5 Å². The first-order valence-electron chi connectivity index (χ1n) is 6.04. The molecule has 0 amide bonds. The van der Waals surface area contributed by atoms with Crippen LogP contribution in [-0.2, 0) is 0 Å². The molecular weight excluding hydrogens is 242 g/mol. The number of rotatable bonds is 2. The van der Waals surface area contributed by atoms with Gasteiger partial charge in [-0.15, -0.1) is 0 Å². The summed E-state index contributed by atoms with van der Waals surface area (Å²) in [4.78, 5) is 28.0. The highest BCUT2D eigenvalue weighted by Gasteiger charge is 2.12. The molecule has 0 saturated heterocycles. The van der Waals surface area contributed by atoms with Gasteiger partial charge in [0, 0.05) is 18.3 Å². The Bertz CT molecular complexity index is 773. The standard InChI is InChI=1S/C13H13N5O/c1-8(2)11-16-10-12(17-11)15-7-18(13(10)19)9-3-5-14-6-4-9/h3-8H,1-2H3,(H,16,17). The van der Waals surface area contributed by atoms with Crippen LogP contribution in [0.1, 0.15) is 25.6 Å². The van der Waals surface area contributed by atoms with E-state index in [1.807, 2.05) is 13.8 Å². The Morgan fingerprint density at radius 1 is 1.26 bits per heavy atom. The Morgan fingerprint density at radius 3 is 2.68 bits per heavy atom. The van der Waals surface area contributed by atoms with Crippen LogP contribution in [0.2, 0.25) is 0 Å². The van der Waals surface area contributed by atoms with Gasteiger partial charge in [0.25, 0.3) is 5.56 Å². The summed E-state index contributed by atoms with van der Waals surface area (Å²) in [7, 11) is 0. The summed E-state index contributed by atoms with van der Waals surface area (Å²) in [5.74, 6) is 0.995. The predicted molar refractivity (Wildman–Crippen MR) is 71.4 cm³/mol. The van der Waals surface area contributed by atoms with Crippen LogP contribution in [0, 0.1) is 0 Å². The van der Waals surface area contributed by atoms with Crippen molar-refractivity contribution in [3.8, 4) is 5.69 Å². The second-order valence-electron chi connectivity index (χ2n) is 4.60. The molecule has 0 aliphatic carbocycles. The Morgan fingerprint density at radius 2 is 2.00 bits per heavy atom. The van der Waals surface area contributed by atoms with Crippen molar-refractivity contribution in [3.63, 3.8) is 0 Å². The zero-order chi connectivity index (χ0) is 13.4. The average Bonchev–Trinajstić information content (AvgIpc) is 2.85. The van der Waals surface area contributed by atoms with Gasteiger partial charge in [0.15, 0.2) is 11.2 Å². The van der Waals surface area contributed by atoms with Crippen LogP contribution < -0.4 is 5.56 Å². The van der Waals surface area contributed by atoms with Crippen LogP contribution in [0.3, 0.4) is 0 Å². The highest BCUT2D eigenvalue weighted by atomic mass is 16.1. The van der Waals surface area contributed by atoms with E-state index in [4.69, 9.17) is 0 Å². The third-order valence-electron chi connectivity index (χ3n) is 2.91. The summed E-state index contributed by atoms with van der Waals surface area (Å²) >= 11 is 0. The zero-order valence-electron chi connectivity index (χ0n) is 10.7. The number of nitrogens with zero attached hydrogens (tertiary/aromatic N) is 4. The quantitative estimate of drug-likeness (QED) is 0.755. The Labute approximate surface area is 109 Å². The fraction of sp³-hybridized carbons (Fsp3) is 0.231. The van der Waals surface area contributed by atoms with Gasteiger partial charge in [-0.2, -0.15) is 0 Å². The van der Waals surface area contributed by atoms with Gasteiger partial charge < -0.3 is 4.98 Å². The van der Waals surface area contributed by atoms with E-state index in [1.165, 1.54) is 10.9 Å². The molecule has 6 nitrogen and oxygen atoms in total. The van der Waals surface area contributed by atoms with Gasteiger partial charge in [-0.3, -0.25) is 14.3 Å². The summed E-state index contributed by atoms with van der Waals surface area (Å²) in [6.07, 6.45) is 4.77. The lowest BCUT2D eigenvalue weighted by Gasteiger charge is -2.02. The monoisotopic (exact) mass is 255 g/mol. The van der Waals surface area contributed by atoms with E-state index in [9.17, 15) is 4.79 Å². The smallest absolute Gasteiger partial charge is 0.286 e. The number of imidazole rings is 1. The molecule has 0 aromatic carbocycles. The third-order valence-corrected chi connectivity index (χ3v) is 2.91. The van der Waals surface area contributed by atoms with Crippen molar-refractivity contribution >= 4 is 11.2 Å². The number of aromatic amines is 1. The third kappa shape index (κ3) is 1.91. The molecule has 0 aliphatic rings. The lowest BCUT2D eigenvalue weighted by atomic mass is 10.2. The first kappa shape index (κ1) is 11.6. The first-order chi connectivity index (χ1) is 9.16. The highest BCUT2D eigenvalue weighted by molar-refractivity contribution is 5.69. The van der Waals surface area contributed by atoms with Crippen molar-refractivity contribution in [2.24, 2.45) is 0 Å². The number of hydrogen-bond acceptors (Lipinski definition) is 4. The van der Waals surface area contributed by atoms with Crippen LogP contribution in [-0.4, -0.2) is 24.5 Å². The SMILES string of the molecule is CC(C)c1nc2c(=O)n(-c3ccncc3)cnc2[nH]1. The molecule has 0 radical (unpaired) electrons. The van der Waals surface area contributed by atoms with Crippen LogP contribution in [0.5, 0.6) is 0 Å². The summed E-state index contributed by atoms with van der Waals surface area (Å²) in [5.41, 5.74) is 1.44. The topological polar surface area (TPSA) is 76.5 Å². The Kier molecular flexibility index (Phi) is 2.63.